The third kappa shape index (κ3) is 5.11. The monoisotopic (exact) mass is 326 g/mol. The van der Waals surface area contributed by atoms with E-state index < -0.39 is 12.0 Å². The SMILES string of the molecule is O=C(O)CCNC(=O)Nc1ccc(OC2CCCC2)c(Cl)c1. The molecule has 0 unspecified atom stereocenters. The van der Waals surface area contributed by atoms with Gasteiger partial charge in [0.25, 0.3) is 0 Å². The molecule has 0 bridgehead atoms. The Morgan fingerprint density at radius 3 is 2.68 bits per heavy atom. The van der Waals surface area contributed by atoms with Crippen molar-refractivity contribution in [2.24, 2.45) is 0 Å². The van der Waals surface area contributed by atoms with E-state index in [-0.39, 0.29) is 19.1 Å². The lowest BCUT2D eigenvalue weighted by Gasteiger charge is -2.15. The Morgan fingerprint density at radius 2 is 2.05 bits per heavy atom. The zero-order valence-corrected chi connectivity index (χ0v) is 12.9. The van der Waals surface area contributed by atoms with Gasteiger partial charge in [-0.15, -0.1) is 0 Å². The molecule has 1 saturated carbocycles. The molecule has 2 amide bonds. The molecule has 1 aliphatic carbocycles. The number of rotatable bonds is 6. The number of carboxylic acid groups (broad SMARTS) is 1. The Labute approximate surface area is 133 Å². The van der Waals surface area contributed by atoms with Crippen molar-refractivity contribution in [2.45, 2.75) is 38.2 Å². The minimum Gasteiger partial charge on any atom is -0.489 e. The molecular formula is C15H19ClN2O4. The number of aliphatic carboxylic acids is 1. The minimum absolute atomic E-state index is 0.0672. The molecule has 0 atom stereocenters. The van der Waals surface area contributed by atoms with Crippen LogP contribution < -0.4 is 15.4 Å². The molecule has 7 heteroatoms. The summed E-state index contributed by atoms with van der Waals surface area (Å²) in [5.41, 5.74) is 0.525. The van der Waals surface area contributed by atoms with Crippen LogP contribution in [-0.2, 0) is 4.79 Å². The maximum absolute atomic E-state index is 11.6. The lowest BCUT2D eigenvalue weighted by atomic mass is 10.2. The highest BCUT2D eigenvalue weighted by Crippen LogP contribution is 2.31. The summed E-state index contributed by atoms with van der Waals surface area (Å²) in [5, 5.41) is 14.0. The van der Waals surface area contributed by atoms with E-state index in [1.807, 2.05) is 0 Å². The number of urea groups is 1. The third-order valence-electron chi connectivity index (χ3n) is 3.41. The van der Waals surface area contributed by atoms with E-state index in [4.69, 9.17) is 21.4 Å². The van der Waals surface area contributed by atoms with Gasteiger partial charge in [-0.25, -0.2) is 4.79 Å². The lowest BCUT2D eigenvalue weighted by Crippen LogP contribution is -2.30. The Bertz CT molecular complexity index is 544. The van der Waals surface area contributed by atoms with Crippen molar-refractivity contribution in [1.82, 2.24) is 5.32 Å². The maximum atomic E-state index is 11.6. The van der Waals surface area contributed by atoms with Gasteiger partial charge in [-0.1, -0.05) is 11.6 Å². The molecule has 0 saturated heterocycles. The summed E-state index contributed by atoms with van der Waals surface area (Å²) in [7, 11) is 0. The zero-order valence-electron chi connectivity index (χ0n) is 12.1. The highest BCUT2D eigenvalue weighted by atomic mass is 35.5. The number of anilines is 1. The van der Waals surface area contributed by atoms with Crippen LogP contribution in [0.25, 0.3) is 0 Å². The van der Waals surface area contributed by atoms with Crippen molar-refractivity contribution in [3.63, 3.8) is 0 Å². The number of carboxylic acids is 1. The van der Waals surface area contributed by atoms with Crippen LogP contribution in [0.1, 0.15) is 32.1 Å². The van der Waals surface area contributed by atoms with Gasteiger partial charge in [0.05, 0.1) is 17.5 Å². The van der Waals surface area contributed by atoms with Gasteiger partial charge >= 0.3 is 12.0 Å². The average Bonchev–Trinajstić information content (AvgIpc) is 2.94. The van der Waals surface area contributed by atoms with Gasteiger partial charge in [0.1, 0.15) is 5.75 Å². The van der Waals surface area contributed by atoms with Crippen LogP contribution in [0.3, 0.4) is 0 Å². The van der Waals surface area contributed by atoms with E-state index in [0.717, 1.165) is 12.8 Å². The molecule has 0 aliphatic heterocycles. The summed E-state index contributed by atoms with van der Waals surface area (Å²) >= 11 is 6.16. The molecule has 1 fully saturated rings. The highest BCUT2D eigenvalue weighted by Gasteiger charge is 2.17. The normalized spacial score (nSPS) is 14.6. The Morgan fingerprint density at radius 1 is 1.32 bits per heavy atom. The van der Waals surface area contributed by atoms with Gasteiger partial charge in [-0.3, -0.25) is 4.79 Å². The number of hydrogen-bond donors (Lipinski definition) is 3. The van der Waals surface area contributed by atoms with E-state index >= 15 is 0 Å². The number of amides is 2. The van der Waals surface area contributed by atoms with Crippen molar-refractivity contribution in [2.75, 3.05) is 11.9 Å². The third-order valence-corrected chi connectivity index (χ3v) is 3.71. The van der Waals surface area contributed by atoms with Crippen molar-refractivity contribution in [3.8, 4) is 5.75 Å². The molecule has 1 aliphatic rings. The molecule has 0 radical (unpaired) electrons. The molecule has 0 heterocycles. The first-order chi connectivity index (χ1) is 10.5. The first kappa shape index (κ1) is 16.4. The fourth-order valence-corrected chi connectivity index (χ4v) is 2.54. The molecule has 22 heavy (non-hydrogen) atoms. The molecule has 2 rings (SSSR count). The summed E-state index contributed by atoms with van der Waals surface area (Å²) in [6.45, 7) is 0.0672. The second-order valence-corrected chi connectivity index (χ2v) is 5.60. The van der Waals surface area contributed by atoms with Gasteiger partial charge in [-0.2, -0.15) is 0 Å². The maximum Gasteiger partial charge on any atom is 0.319 e. The quantitative estimate of drug-likeness (QED) is 0.748. The Kier molecular flexibility index (Phi) is 5.89. The number of carbonyl (C=O) groups is 2. The first-order valence-electron chi connectivity index (χ1n) is 7.27. The van der Waals surface area contributed by atoms with Crippen LogP contribution in [0.2, 0.25) is 5.02 Å². The van der Waals surface area contributed by atoms with Crippen LogP contribution in [0.4, 0.5) is 10.5 Å². The first-order valence-corrected chi connectivity index (χ1v) is 7.65. The fourth-order valence-electron chi connectivity index (χ4n) is 2.32. The molecule has 1 aromatic carbocycles. The largest absolute Gasteiger partial charge is 0.489 e. The number of benzene rings is 1. The fraction of sp³-hybridized carbons (Fsp3) is 0.467. The smallest absolute Gasteiger partial charge is 0.319 e. The van der Waals surface area contributed by atoms with Crippen molar-refractivity contribution in [1.29, 1.82) is 0 Å². The van der Waals surface area contributed by atoms with Crippen LogP contribution in [-0.4, -0.2) is 29.8 Å². The van der Waals surface area contributed by atoms with E-state index in [2.05, 4.69) is 10.6 Å². The van der Waals surface area contributed by atoms with Crippen molar-refractivity contribution < 1.29 is 19.4 Å². The topological polar surface area (TPSA) is 87.7 Å². The zero-order chi connectivity index (χ0) is 15.9. The Hall–Kier alpha value is -1.95. The predicted octanol–water partition coefficient (Wildman–Crippen LogP) is 3.26. The van der Waals surface area contributed by atoms with Crippen LogP contribution in [0.5, 0.6) is 5.75 Å². The van der Waals surface area contributed by atoms with Crippen LogP contribution >= 0.6 is 11.6 Å². The predicted molar refractivity (Wildman–Crippen MR) is 83.6 cm³/mol. The second-order valence-electron chi connectivity index (χ2n) is 5.19. The van der Waals surface area contributed by atoms with E-state index in [9.17, 15) is 9.59 Å². The molecule has 120 valence electrons. The average molecular weight is 327 g/mol. The van der Waals surface area contributed by atoms with Crippen molar-refractivity contribution >= 4 is 29.3 Å². The molecular weight excluding hydrogens is 308 g/mol. The summed E-state index contributed by atoms with van der Waals surface area (Å²) < 4.78 is 5.83. The van der Waals surface area contributed by atoms with Gasteiger partial charge < -0.3 is 20.5 Å². The minimum atomic E-state index is -0.961. The van der Waals surface area contributed by atoms with Crippen molar-refractivity contribution in [3.05, 3.63) is 23.2 Å². The number of ether oxygens (including phenoxy) is 1. The van der Waals surface area contributed by atoms with Gasteiger partial charge in [-0.05, 0) is 43.9 Å². The number of halogens is 1. The number of carbonyl (C=O) groups excluding carboxylic acids is 1. The molecule has 1 aromatic rings. The van der Waals surface area contributed by atoms with Gasteiger partial charge in [0.15, 0.2) is 0 Å². The van der Waals surface area contributed by atoms with E-state index in [1.165, 1.54) is 12.8 Å². The van der Waals surface area contributed by atoms with Gasteiger partial charge in [0.2, 0.25) is 0 Å². The second kappa shape index (κ2) is 7.89. The molecule has 0 spiro atoms. The molecule has 6 nitrogen and oxygen atoms in total. The summed E-state index contributed by atoms with van der Waals surface area (Å²) in [6, 6.07) is 4.57. The van der Waals surface area contributed by atoms with E-state index in [0.29, 0.717) is 16.5 Å². The summed E-state index contributed by atoms with van der Waals surface area (Å²) in [4.78, 5) is 21.9. The van der Waals surface area contributed by atoms with Crippen LogP contribution in [0, 0.1) is 0 Å². The van der Waals surface area contributed by atoms with E-state index in [1.54, 1.807) is 18.2 Å². The highest BCUT2D eigenvalue weighted by molar-refractivity contribution is 6.32. The molecule has 3 N–H and O–H groups in total. The number of nitrogens with one attached hydrogen (secondary N) is 2. The lowest BCUT2D eigenvalue weighted by molar-refractivity contribution is -0.136. The Balaban J connectivity index is 1.85. The standard InChI is InChI=1S/C15H19ClN2O4/c16-12-9-10(18-15(21)17-8-7-14(19)20)5-6-13(12)22-11-3-1-2-4-11/h5-6,9,11H,1-4,7-8H2,(H,19,20)(H2,17,18,21). The van der Waals surface area contributed by atoms with Gasteiger partial charge in [0, 0.05) is 12.2 Å². The summed E-state index contributed by atoms with van der Waals surface area (Å²) in [5.74, 6) is -0.345. The van der Waals surface area contributed by atoms with Crippen LogP contribution in [0.15, 0.2) is 18.2 Å². The number of hydrogen-bond acceptors (Lipinski definition) is 3. The summed E-state index contributed by atoms with van der Waals surface area (Å²) in [6.07, 6.45) is 4.54. The molecule has 0 aromatic heterocycles.